The van der Waals surface area contributed by atoms with E-state index < -0.39 is 0 Å². The summed E-state index contributed by atoms with van der Waals surface area (Å²) in [7, 11) is 7.32. The second-order valence-corrected chi connectivity index (χ2v) is 5.91. The predicted molar refractivity (Wildman–Crippen MR) is 95.5 cm³/mol. The second-order valence-electron chi connectivity index (χ2n) is 5.91. The lowest BCUT2D eigenvalue weighted by atomic mass is 10.1. The summed E-state index contributed by atoms with van der Waals surface area (Å²) in [6.07, 6.45) is 1.91. The molecule has 6 heteroatoms. The molecule has 0 bridgehead atoms. The van der Waals surface area contributed by atoms with E-state index in [-0.39, 0.29) is 0 Å². The van der Waals surface area contributed by atoms with Gasteiger partial charge in [0, 0.05) is 24.0 Å². The van der Waals surface area contributed by atoms with Crippen LogP contribution in [0.25, 0.3) is 16.9 Å². The van der Waals surface area contributed by atoms with Crippen molar-refractivity contribution in [1.82, 2.24) is 14.3 Å². The third-order valence-corrected chi connectivity index (χ3v) is 3.86. The van der Waals surface area contributed by atoms with E-state index in [1.54, 1.807) is 14.2 Å². The van der Waals surface area contributed by atoms with Gasteiger partial charge < -0.3 is 24.5 Å². The lowest BCUT2D eigenvalue weighted by Crippen LogP contribution is -2.13. The summed E-state index contributed by atoms with van der Waals surface area (Å²) < 4.78 is 12.8. The number of hydrogen-bond donors (Lipinski definition) is 1. The maximum atomic E-state index is 5.96. The first kappa shape index (κ1) is 16.1. The van der Waals surface area contributed by atoms with E-state index in [0.717, 1.165) is 29.1 Å². The van der Waals surface area contributed by atoms with Gasteiger partial charge >= 0.3 is 0 Å². The molecule has 0 saturated carbocycles. The molecule has 0 fully saturated rings. The molecule has 0 aliphatic heterocycles. The highest BCUT2D eigenvalue weighted by atomic mass is 16.5. The Morgan fingerprint density at radius 2 is 1.83 bits per heavy atom. The Labute approximate surface area is 141 Å². The zero-order valence-corrected chi connectivity index (χ0v) is 14.4. The predicted octanol–water partition coefficient (Wildman–Crippen LogP) is 2.66. The molecule has 3 aromatic rings. The standard InChI is InChI=1S/C18H22N4O2/c1-21(2)11-14-18(20-17-8-6-13(19)10-22(14)17)12-5-7-15(23-3)16(9-12)24-4/h5-10H,11,19H2,1-4H3. The van der Waals surface area contributed by atoms with Crippen LogP contribution in [0.5, 0.6) is 11.5 Å². The molecule has 0 saturated heterocycles. The van der Waals surface area contributed by atoms with Crippen LogP contribution in [0.4, 0.5) is 5.69 Å². The number of hydrogen-bond acceptors (Lipinski definition) is 5. The topological polar surface area (TPSA) is 65.0 Å². The third-order valence-electron chi connectivity index (χ3n) is 3.86. The van der Waals surface area contributed by atoms with E-state index in [1.165, 1.54) is 0 Å². The highest BCUT2D eigenvalue weighted by Crippen LogP contribution is 2.34. The van der Waals surface area contributed by atoms with Crippen molar-refractivity contribution in [3.05, 3.63) is 42.2 Å². The van der Waals surface area contributed by atoms with E-state index in [1.807, 2.05) is 55.0 Å². The number of methoxy groups -OCH3 is 2. The van der Waals surface area contributed by atoms with Gasteiger partial charge in [-0.2, -0.15) is 0 Å². The number of anilines is 1. The van der Waals surface area contributed by atoms with Crippen LogP contribution in [-0.2, 0) is 6.54 Å². The fourth-order valence-corrected chi connectivity index (χ4v) is 2.78. The quantitative estimate of drug-likeness (QED) is 0.781. The minimum Gasteiger partial charge on any atom is -0.493 e. The summed E-state index contributed by atoms with van der Waals surface area (Å²) in [5.41, 5.74) is 10.5. The molecular weight excluding hydrogens is 304 g/mol. The van der Waals surface area contributed by atoms with Gasteiger partial charge in [-0.3, -0.25) is 0 Å². The first-order valence-corrected chi connectivity index (χ1v) is 7.67. The largest absolute Gasteiger partial charge is 0.493 e. The van der Waals surface area contributed by atoms with Crippen molar-refractivity contribution in [2.45, 2.75) is 6.54 Å². The van der Waals surface area contributed by atoms with Crippen LogP contribution in [0.1, 0.15) is 5.69 Å². The molecule has 126 valence electrons. The number of nitrogen functional groups attached to an aromatic ring is 1. The van der Waals surface area contributed by atoms with Crippen molar-refractivity contribution < 1.29 is 9.47 Å². The van der Waals surface area contributed by atoms with Crippen LogP contribution in [0.3, 0.4) is 0 Å². The highest BCUT2D eigenvalue weighted by molar-refractivity contribution is 5.70. The smallest absolute Gasteiger partial charge is 0.161 e. The molecule has 0 aliphatic carbocycles. The van der Waals surface area contributed by atoms with Gasteiger partial charge in [-0.25, -0.2) is 4.98 Å². The molecule has 0 spiro atoms. The van der Waals surface area contributed by atoms with Gasteiger partial charge in [0.25, 0.3) is 0 Å². The van der Waals surface area contributed by atoms with E-state index >= 15 is 0 Å². The molecule has 2 aromatic heterocycles. The average Bonchev–Trinajstić information content (AvgIpc) is 2.91. The summed E-state index contributed by atoms with van der Waals surface area (Å²) in [5, 5.41) is 0. The normalized spacial score (nSPS) is 11.2. The van der Waals surface area contributed by atoms with Crippen molar-refractivity contribution in [2.24, 2.45) is 0 Å². The van der Waals surface area contributed by atoms with Gasteiger partial charge in [-0.1, -0.05) is 0 Å². The summed E-state index contributed by atoms with van der Waals surface area (Å²) in [4.78, 5) is 6.90. The number of rotatable bonds is 5. The van der Waals surface area contributed by atoms with Crippen molar-refractivity contribution in [2.75, 3.05) is 34.0 Å². The highest BCUT2D eigenvalue weighted by Gasteiger charge is 2.16. The summed E-state index contributed by atoms with van der Waals surface area (Å²) in [5.74, 6) is 1.38. The Balaban J connectivity index is 2.21. The number of nitrogens with zero attached hydrogens (tertiary/aromatic N) is 3. The van der Waals surface area contributed by atoms with Gasteiger partial charge in [-0.05, 0) is 44.4 Å². The lowest BCUT2D eigenvalue weighted by molar-refractivity contribution is 0.355. The van der Waals surface area contributed by atoms with Gasteiger partial charge in [0.2, 0.25) is 0 Å². The van der Waals surface area contributed by atoms with Crippen molar-refractivity contribution >= 4 is 11.3 Å². The molecule has 0 unspecified atom stereocenters. The first-order chi connectivity index (χ1) is 11.5. The minimum atomic E-state index is 0.683. The number of nitrogens with two attached hydrogens (primary N) is 1. The van der Waals surface area contributed by atoms with Crippen molar-refractivity contribution in [3.8, 4) is 22.8 Å². The van der Waals surface area contributed by atoms with Gasteiger partial charge in [0.05, 0.1) is 25.6 Å². The van der Waals surface area contributed by atoms with Crippen LogP contribution in [0.15, 0.2) is 36.5 Å². The summed E-state index contributed by atoms with van der Waals surface area (Å²) in [6.45, 7) is 0.744. The number of imidazole rings is 1. The van der Waals surface area contributed by atoms with Crippen LogP contribution >= 0.6 is 0 Å². The first-order valence-electron chi connectivity index (χ1n) is 7.67. The van der Waals surface area contributed by atoms with Gasteiger partial charge in [0.15, 0.2) is 11.5 Å². The summed E-state index contributed by atoms with van der Waals surface area (Å²) >= 11 is 0. The van der Waals surface area contributed by atoms with E-state index in [4.69, 9.17) is 20.2 Å². The third kappa shape index (κ3) is 2.88. The van der Waals surface area contributed by atoms with Crippen LogP contribution in [0, 0.1) is 0 Å². The molecular formula is C18H22N4O2. The van der Waals surface area contributed by atoms with Gasteiger partial charge in [-0.15, -0.1) is 0 Å². The molecule has 0 amide bonds. The van der Waals surface area contributed by atoms with Gasteiger partial charge in [0.1, 0.15) is 5.65 Å². The Kier molecular flexibility index (Phi) is 4.31. The Morgan fingerprint density at radius 3 is 2.50 bits per heavy atom. The molecule has 24 heavy (non-hydrogen) atoms. The number of pyridine rings is 1. The Hall–Kier alpha value is -2.73. The maximum absolute atomic E-state index is 5.96. The van der Waals surface area contributed by atoms with E-state index in [9.17, 15) is 0 Å². The van der Waals surface area contributed by atoms with Crippen molar-refractivity contribution in [1.29, 1.82) is 0 Å². The van der Waals surface area contributed by atoms with Crippen LogP contribution in [0.2, 0.25) is 0 Å². The lowest BCUT2D eigenvalue weighted by Gasteiger charge is -2.13. The molecule has 0 aliphatic rings. The van der Waals surface area contributed by atoms with E-state index in [0.29, 0.717) is 17.2 Å². The Bertz CT molecular complexity index is 871. The molecule has 3 rings (SSSR count). The molecule has 0 atom stereocenters. The van der Waals surface area contributed by atoms with E-state index in [2.05, 4.69) is 4.90 Å². The average molecular weight is 326 g/mol. The molecule has 2 heterocycles. The fourth-order valence-electron chi connectivity index (χ4n) is 2.78. The van der Waals surface area contributed by atoms with Crippen molar-refractivity contribution in [3.63, 3.8) is 0 Å². The number of ether oxygens (including phenoxy) is 2. The number of aromatic nitrogens is 2. The Morgan fingerprint density at radius 1 is 1.08 bits per heavy atom. The molecule has 1 aromatic carbocycles. The minimum absolute atomic E-state index is 0.683. The zero-order chi connectivity index (χ0) is 17.3. The summed E-state index contributed by atoms with van der Waals surface area (Å²) in [6, 6.07) is 9.62. The number of benzene rings is 1. The SMILES string of the molecule is COc1ccc(-c2nc3ccc(N)cn3c2CN(C)C)cc1OC. The zero-order valence-electron chi connectivity index (χ0n) is 14.4. The monoisotopic (exact) mass is 326 g/mol. The maximum Gasteiger partial charge on any atom is 0.161 e. The number of fused-ring (bicyclic) bond motifs is 1. The van der Waals surface area contributed by atoms with Crippen LogP contribution < -0.4 is 15.2 Å². The second kappa shape index (κ2) is 6.41. The van der Waals surface area contributed by atoms with Crippen LogP contribution in [-0.4, -0.2) is 42.6 Å². The molecule has 2 N–H and O–H groups in total. The molecule has 6 nitrogen and oxygen atoms in total. The molecule has 0 radical (unpaired) electrons. The fraction of sp³-hybridized carbons (Fsp3) is 0.278.